The standard InChI is InChI=1S/6CN.Fe.In/c6*1-2;;/q6*-1;2*+3. The first kappa shape index (κ1) is 84.4. The molecule has 6 nitrogen and oxygen atoms in total. The van der Waals surface area contributed by atoms with E-state index in [-0.39, 0.29) is 42.9 Å². The summed E-state index contributed by atoms with van der Waals surface area (Å²) in [7, 11) is 0. The zero-order valence-electron chi connectivity index (χ0n) is 6.61. The quantitative estimate of drug-likeness (QED) is 0.459. The zero-order valence-corrected chi connectivity index (χ0v) is 11.0. The molecule has 0 bridgehead atoms. The molecular weight excluding hydrogens is 327 g/mol. The maximum atomic E-state index is 6.25. The van der Waals surface area contributed by atoms with Gasteiger partial charge in [-0.15, -0.1) is 0 Å². The normalized spacial score (nSPS) is 0.857. The van der Waals surface area contributed by atoms with Crippen LogP contribution in [0.1, 0.15) is 0 Å². The van der Waals surface area contributed by atoms with E-state index in [0.29, 0.717) is 0 Å². The van der Waals surface area contributed by atoms with Gasteiger partial charge in [0.15, 0.2) is 0 Å². The summed E-state index contributed by atoms with van der Waals surface area (Å²) >= 11 is 0. The van der Waals surface area contributed by atoms with E-state index >= 15 is 0 Å². The Labute approximate surface area is 113 Å². The van der Waals surface area contributed by atoms with Crippen LogP contribution in [0.3, 0.4) is 0 Å². The molecule has 8 heteroatoms. The Morgan fingerprint density at radius 2 is 0.357 bits per heavy atom. The molecule has 65 valence electrons. The largest absolute Gasteiger partial charge is 3.00 e. The van der Waals surface area contributed by atoms with Crippen molar-refractivity contribution in [3.8, 4) is 0 Å². The molecule has 0 heterocycles. The van der Waals surface area contributed by atoms with Gasteiger partial charge in [0.1, 0.15) is 0 Å². The van der Waals surface area contributed by atoms with E-state index < -0.39 is 0 Å². The van der Waals surface area contributed by atoms with Crippen LogP contribution in [0.15, 0.2) is 0 Å². The number of hydrogen-bond donors (Lipinski definition) is 0. The molecule has 0 amide bonds. The summed E-state index contributed by atoms with van der Waals surface area (Å²) in [6.07, 6.45) is 0. The van der Waals surface area contributed by atoms with Gasteiger partial charge in [-0.05, 0) is 0 Å². The fraction of sp³-hybridized carbons (Fsp3) is 0. The second-order valence-corrected chi connectivity index (χ2v) is 0. The molecule has 0 aliphatic carbocycles. The van der Waals surface area contributed by atoms with Crippen molar-refractivity contribution in [2.45, 2.75) is 0 Å². The molecule has 0 aromatic carbocycles. The van der Waals surface area contributed by atoms with Crippen LogP contribution in [0, 0.1) is 71.0 Å². The first-order valence-electron chi connectivity index (χ1n) is 1.34. The van der Waals surface area contributed by atoms with Gasteiger partial charge in [-0.25, -0.2) is 0 Å². The summed E-state index contributed by atoms with van der Waals surface area (Å²) in [5.41, 5.74) is 0. The maximum Gasteiger partial charge on any atom is 3.00 e. The molecule has 0 fully saturated rings. The molecular formula is C6FeInN6. The van der Waals surface area contributed by atoms with Crippen molar-refractivity contribution in [3.63, 3.8) is 0 Å². The predicted molar refractivity (Wildman–Crippen MR) is 35.6 cm³/mol. The predicted octanol–water partition coefficient (Wildman–Crippen LogP) is 0.195. The Bertz CT molecular complexity index is 97.3. The monoisotopic (exact) mass is 327 g/mol. The third-order valence-corrected chi connectivity index (χ3v) is 0. The molecule has 0 saturated carbocycles. The third kappa shape index (κ3) is 322. The van der Waals surface area contributed by atoms with Crippen molar-refractivity contribution in [3.05, 3.63) is 39.4 Å². The minimum absolute atomic E-state index is 0. The van der Waals surface area contributed by atoms with Crippen molar-refractivity contribution < 1.29 is 17.1 Å². The SMILES string of the molecule is [C-]#N.[C-]#N.[C-]#N.[C-]#N.[C-]#N.[C-]#N.[Fe+3].[In+3]. The van der Waals surface area contributed by atoms with Crippen LogP contribution in [0.25, 0.3) is 0 Å². The Balaban J connectivity index is -0.00000000500. The van der Waals surface area contributed by atoms with Crippen molar-refractivity contribution in [1.82, 2.24) is 0 Å². The minimum atomic E-state index is 0. The van der Waals surface area contributed by atoms with Crippen LogP contribution in [0.4, 0.5) is 0 Å². The van der Waals surface area contributed by atoms with Crippen molar-refractivity contribution in [1.29, 1.82) is 31.6 Å². The minimum Gasteiger partial charge on any atom is -0.512 e. The molecule has 0 atom stereocenters. The first-order valence-corrected chi connectivity index (χ1v) is 1.34. The smallest absolute Gasteiger partial charge is 0.512 e. The van der Waals surface area contributed by atoms with Gasteiger partial charge in [-0.2, -0.15) is 0 Å². The molecule has 14 heavy (non-hydrogen) atoms. The molecule has 0 saturated heterocycles. The molecule has 1 radical (unpaired) electrons. The van der Waals surface area contributed by atoms with Gasteiger partial charge in [-0.3, -0.25) is 0 Å². The zero-order chi connectivity index (χ0) is 12.0. The second kappa shape index (κ2) is 433. The summed E-state index contributed by atoms with van der Waals surface area (Å²) in [5.74, 6) is 0. The van der Waals surface area contributed by atoms with Crippen LogP contribution >= 0.6 is 0 Å². The van der Waals surface area contributed by atoms with Crippen LogP contribution in [-0.2, 0) is 17.1 Å². The number of rotatable bonds is 0. The van der Waals surface area contributed by atoms with E-state index in [9.17, 15) is 0 Å². The van der Waals surface area contributed by atoms with Crippen LogP contribution in [0.2, 0.25) is 0 Å². The Kier molecular flexibility index (Phi) is 2610. The fourth-order valence-electron chi connectivity index (χ4n) is 0. The molecule has 0 aromatic heterocycles. The van der Waals surface area contributed by atoms with Gasteiger partial charge in [0.2, 0.25) is 0 Å². The Morgan fingerprint density at radius 3 is 0.357 bits per heavy atom. The van der Waals surface area contributed by atoms with E-state index in [2.05, 4.69) is 0 Å². The van der Waals surface area contributed by atoms with Crippen molar-refractivity contribution in [2.24, 2.45) is 0 Å². The van der Waals surface area contributed by atoms with Gasteiger partial charge in [-0.1, -0.05) is 0 Å². The van der Waals surface area contributed by atoms with Gasteiger partial charge in [0, 0.05) is 0 Å². The maximum absolute atomic E-state index is 6.25. The second-order valence-electron chi connectivity index (χ2n) is 0. The van der Waals surface area contributed by atoms with Crippen LogP contribution < -0.4 is 0 Å². The average Bonchev–Trinajstić information content (AvgIpc) is 2.33. The van der Waals surface area contributed by atoms with Crippen LogP contribution in [0.5, 0.6) is 0 Å². The number of hydrogen-bond acceptors (Lipinski definition) is 6. The first-order chi connectivity index (χ1) is 6.00. The average molecular weight is 327 g/mol. The molecule has 0 aliphatic rings. The van der Waals surface area contributed by atoms with Crippen molar-refractivity contribution in [2.75, 3.05) is 0 Å². The summed E-state index contributed by atoms with van der Waals surface area (Å²) in [6.45, 7) is 28.5. The number of nitrogens with zero attached hydrogens (tertiary/aromatic N) is 6. The Hall–Kier alpha value is -1.67. The molecule has 0 spiro atoms. The summed E-state index contributed by atoms with van der Waals surface area (Å²) in [4.78, 5) is 0. The van der Waals surface area contributed by atoms with Gasteiger partial charge in [0.25, 0.3) is 0 Å². The van der Waals surface area contributed by atoms with Crippen LogP contribution in [-0.4, -0.2) is 25.8 Å². The van der Waals surface area contributed by atoms with Crippen molar-refractivity contribution >= 4 is 25.8 Å². The molecule has 0 rings (SSSR count). The van der Waals surface area contributed by atoms with E-state index in [1.807, 2.05) is 0 Å². The summed E-state index contributed by atoms with van der Waals surface area (Å²) in [6, 6.07) is 0. The van der Waals surface area contributed by atoms with Gasteiger partial charge in [0.05, 0.1) is 0 Å². The van der Waals surface area contributed by atoms with Gasteiger partial charge >= 0.3 is 42.9 Å². The Morgan fingerprint density at radius 1 is 0.357 bits per heavy atom. The molecule has 0 unspecified atom stereocenters. The van der Waals surface area contributed by atoms with E-state index in [1.165, 1.54) is 0 Å². The molecule has 0 aliphatic heterocycles. The molecule has 0 aromatic rings. The summed E-state index contributed by atoms with van der Waals surface area (Å²) in [5, 5.41) is 37.5. The third-order valence-electron chi connectivity index (χ3n) is 0. The van der Waals surface area contributed by atoms with Gasteiger partial charge < -0.3 is 71.0 Å². The fourth-order valence-corrected chi connectivity index (χ4v) is 0. The topological polar surface area (TPSA) is 143 Å². The summed E-state index contributed by atoms with van der Waals surface area (Å²) < 4.78 is 0. The van der Waals surface area contributed by atoms with E-state index in [1.54, 1.807) is 0 Å². The van der Waals surface area contributed by atoms with E-state index in [0.717, 1.165) is 0 Å². The molecule has 0 N–H and O–H groups in total. The van der Waals surface area contributed by atoms with E-state index in [4.69, 9.17) is 71.0 Å².